The molecule has 2 rings (SSSR count). The molecule has 0 heterocycles. The second-order valence-corrected chi connectivity index (χ2v) is 3.13. The van der Waals surface area contributed by atoms with Crippen molar-refractivity contribution < 1.29 is 18.6 Å². The van der Waals surface area contributed by atoms with Crippen LogP contribution in [0.5, 0.6) is 11.5 Å². The van der Waals surface area contributed by atoms with Gasteiger partial charge in [-0.15, -0.1) is 0 Å². The number of halogens is 2. The van der Waals surface area contributed by atoms with Crippen molar-refractivity contribution in [2.45, 2.75) is 0 Å². The number of methoxy groups -OCH3 is 1. The number of phenols is 1. The van der Waals surface area contributed by atoms with E-state index in [9.17, 15) is 8.78 Å². The Labute approximate surface area is 98.1 Å². The minimum absolute atomic E-state index is 0.0893. The van der Waals surface area contributed by atoms with Crippen molar-refractivity contribution >= 4 is 0 Å². The molecule has 0 spiro atoms. The molecular formula is C13H12F2O2. The quantitative estimate of drug-likeness (QED) is 0.825. The molecule has 0 bridgehead atoms. The zero-order chi connectivity index (χ0) is 12.7. The molecule has 1 N–H and O–H groups in total. The summed E-state index contributed by atoms with van der Waals surface area (Å²) in [6, 6.07) is 10.9. The smallest absolute Gasteiger partial charge is 0.123 e. The summed E-state index contributed by atoms with van der Waals surface area (Å²) >= 11 is 0. The Kier molecular flexibility index (Phi) is 4.94. The molecule has 2 aromatic carbocycles. The van der Waals surface area contributed by atoms with Gasteiger partial charge in [-0.2, -0.15) is 0 Å². The first-order valence-corrected chi connectivity index (χ1v) is 4.86. The summed E-state index contributed by atoms with van der Waals surface area (Å²) in [4.78, 5) is 0. The van der Waals surface area contributed by atoms with Crippen molar-refractivity contribution in [1.29, 1.82) is 0 Å². The largest absolute Gasteiger partial charge is 0.508 e. The highest BCUT2D eigenvalue weighted by Crippen LogP contribution is 2.09. The number of ether oxygens (including phenoxy) is 1. The standard InChI is InChI=1S/C7H7FO.C6H5FO/c1-9-7-4-2-6(8)3-5-7;7-5-1-3-6(8)4-2-5/h2-5H,1H3;1-4,8H. The summed E-state index contributed by atoms with van der Waals surface area (Å²) in [6.07, 6.45) is 0. The minimum Gasteiger partial charge on any atom is -0.508 e. The van der Waals surface area contributed by atoms with E-state index in [1.807, 2.05) is 0 Å². The van der Waals surface area contributed by atoms with Gasteiger partial charge in [-0.25, -0.2) is 8.78 Å². The van der Waals surface area contributed by atoms with Crippen LogP contribution in [0.4, 0.5) is 8.78 Å². The van der Waals surface area contributed by atoms with Crippen LogP contribution in [0.2, 0.25) is 0 Å². The highest BCUT2D eigenvalue weighted by molar-refractivity contribution is 5.21. The molecule has 0 unspecified atom stereocenters. The molecule has 0 aliphatic carbocycles. The third-order valence-corrected chi connectivity index (χ3v) is 1.88. The maximum atomic E-state index is 12.2. The average Bonchev–Trinajstić information content (AvgIpc) is 2.35. The zero-order valence-electron chi connectivity index (χ0n) is 9.23. The number of hydrogen-bond donors (Lipinski definition) is 1. The van der Waals surface area contributed by atoms with Crippen molar-refractivity contribution in [3.63, 3.8) is 0 Å². The van der Waals surface area contributed by atoms with Gasteiger partial charge >= 0.3 is 0 Å². The Morgan fingerprint density at radius 3 is 1.59 bits per heavy atom. The van der Waals surface area contributed by atoms with Gasteiger partial charge in [0.15, 0.2) is 0 Å². The maximum Gasteiger partial charge on any atom is 0.123 e. The fourth-order valence-electron chi connectivity index (χ4n) is 1.01. The third kappa shape index (κ3) is 4.97. The van der Waals surface area contributed by atoms with Crippen molar-refractivity contribution in [3.05, 3.63) is 60.2 Å². The van der Waals surface area contributed by atoms with E-state index in [1.165, 1.54) is 36.4 Å². The molecule has 0 saturated carbocycles. The van der Waals surface area contributed by atoms with Gasteiger partial charge < -0.3 is 9.84 Å². The van der Waals surface area contributed by atoms with E-state index >= 15 is 0 Å². The van der Waals surface area contributed by atoms with Gasteiger partial charge in [0.25, 0.3) is 0 Å². The monoisotopic (exact) mass is 238 g/mol. The summed E-state index contributed by atoms with van der Waals surface area (Å²) in [6.45, 7) is 0. The second-order valence-electron chi connectivity index (χ2n) is 3.13. The van der Waals surface area contributed by atoms with Gasteiger partial charge in [-0.1, -0.05) is 0 Å². The minimum atomic E-state index is -0.331. The molecule has 0 radical (unpaired) electrons. The van der Waals surface area contributed by atoms with Crippen LogP contribution in [-0.2, 0) is 0 Å². The first kappa shape index (κ1) is 13.0. The van der Waals surface area contributed by atoms with Gasteiger partial charge in [0.05, 0.1) is 7.11 Å². The number of phenolic OH excluding ortho intramolecular Hbond substituents is 1. The fourth-order valence-corrected chi connectivity index (χ4v) is 1.01. The van der Waals surface area contributed by atoms with Crippen LogP contribution in [0.15, 0.2) is 48.5 Å². The summed E-state index contributed by atoms with van der Waals surface area (Å²) < 4.78 is 28.9. The van der Waals surface area contributed by atoms with E-state index in [1.54, 1.807) is 19.2 Å². The number of hydrogen-bond acceptors (Lipinski definition) is 2. The first-order valence-electron chi connectivity index (χ1n) is 4.86. The van der Waals surface area contributed by atoms with E-state index in [0.29, 0.717) is 5.75 Å². The van der Waals surface area contributed by atoms with Crippen molar-refractivity contribution in [2.75, 3.05) is 7.11 Å². The molecule has 90 valence electrons. The van der Waals surface area contributed by atoms with Crippen LogP contribution in [0.1, 0.15) is 0 Å². The van der Waals surface area contributed by atoms with Crippen LogP contribution < -0.4 is 4.74 Å². The molecule has 0 aliphatic heterocycles. The van der Waals surface area contributed by atoms with Crippen LogP contribution in [0, 0.1) is 11.6 Å². The van der Waals surface area contributed by atoms with Crippen LogP contribution in [-0.4, -0.2) is 12.2 Å². The van der Waals surface area contributed by atoms with Gasteiger partial charge in [0.2, 0.25) is 0 Å². The molecule has 4 heteroatoms. The van der Waals surface area contributed by atoms with Crippen molar-refractivity contribution in [3.8, 4) is 11.5 Å². The average molecular weight is 238 g/mol. The summed E-state index contributed by atoms with van der Waals surface area (Å²) in [5, 5.41) is 8.59. The Balaban J connectivity index is 0.000000171. The number of rotatable bonds is 1. The highest BCUT2D eigenvalue weighted by Gasteiger charge is 1.88. The topological polar surface area (TPSA) is 29.5 Å². The van der Waals surface area contributed by atoms with Crippen LogP contribution in [0.3, 0.4) is 0 Å². The normalized spacial score (nSPS) is 9.12. The lowest BCUT2D eigenvalue weighted by molar-refractivity contribution is 0.413. The SMILES string of the molecule is COc1ccc(F)cc1.Oc1ccc(F)cc1. The molecule has 0 aromatic heterocycles. The molecule has 0 fully saturated rings. The Bertz CT molecular complexity index is 417. The molecule has 0 amide bonds. The lowest BCUT2D eigenvalue weighted by Gasteiger charge is -1.95. The van der Waals surface area contributed by atoms with E-state index in [2.05, 4.69) is 0 Å². The van der Waals surface area contributed by atoms with Crippen LogP contribution in [0.25, 0.3) is 0 Å². The summed E-state index contributed by atoms with van der Waals surface area (Å²) in [5.74, 6) is 0.196. The van der Waals surface area contributed by atoms with Crippen molar-refractivity contribution in [1.82, 2.24) is 0 Å². The predicted molar refractivity (Wildman–Crippen MR) is 61.0 cm³/mol. The Hall–Kier alpha value is -2.10. The molecule has 2 aromatic rings. The fraction of sp³-hybridized carbons (Fsp3) is 0.0769. The molecule has 2 nitrogen and oxygen atoms in total. The molecule has 0 saturated heterocycles. The van der Waals surface area contributed by atoms with E-state index in [-0.39, 0.29) is 17.4 Å². The molecule has 0 aliphatic rings. The Morgan fingerprint density at radius 1 is 0.824 bits per heavy atom. The predicted octanol–water partition coefficient (Wildman–Crippen LogP) is 3.37. The molecule has 17 heavy (non-hydrogen) atoms. The number of benzene rings is 2. The van der Waals surface area contributed by atoms with Gasteiger partial charge in [0, 0.05) is 0 Å². The van der Waals surface area contributed by atoms with E-state index in [4.69, 9.17) is 9.84 Å². The van der Waals surface area contributed by atoms with Gasteiger partial charge in [-0.05, 0) is 48.5 Å². The highest BCUT2D eigenvalue weighted by atomic mass is 19.1. The summed E-state index contributed by atoms with van der Waals surface area (Å²) in [7, 11) is 1.55. The number of aromatic hydroxyl groups is 1. The van der Waals surface area contributed by atoms with E-state index < -0.39 is 0 Å². The van der Waals surface area contributed by atoms with Crippen molar-refractivity contribution in [2.24, 2.45) is 0 Å². The van der Waals surface area contributed by atoms with Gasteiger partial charge in [-0.3, -0.25) is 0 Å². The first-order chi connectivity index (χ1) is 8.11. The maximum absolute atomic E-state index is 12.2. The zero-order valence-corrected chi connectivity index (χ0v) is 9.23. The summed E-state index contributed by atoms with van der Waals surface area (Å²) in [5.41, 5.74) is 0. The molecule has 0 atom stereocenters. The molecular weight excluding hydrogens is 226 g/mol. The van der Waals surface area contributed by atoms with Gasteiger partial charge in [0.1, 0.15) is 23.1 Å². The second kappa shape index (κ2) is 6.48. The van der Waals surface area contributed by atoms with E-state index in [0.717, 1.165) is 0 Å². The van der Waals surface area contributed by atoms with Crippen LogP contribution >= 0.6 is 0 Å². The third-order valence-electron chi connectivity index (χ3n) is 1.88. The lowest BCUT2D eigenvalue weighted by Crippen LogP contribution is -1.80. The Morgan fingerprint density at radius 2 is 1.24 bits per heavy atom. The lowest BCUT2D eigenvalue weighted by atomic mass is 10.3.